The minimum atomic E-state index is -0.856. The Hall–Kier alpha value is -2.81. The number of rotatable bonds is 5. The molecular formula is C19H22N4O4. The summed E-state index contributed by atoms with van der Waals surface area (Å²) in [5.41, 5.74) is 0.539. The molecule has 1 aromatic carbocycles. The maximum Gasteiger partial charge on any atom is 0.407 e. The van der Waals surface area contributed by atoms with Crippen molar-refractivity contribution in [2.24, 2.45) is 11.8 Å². The maximum absolute atomic E-state index is 11.2. The molecule has 2 fully saturated rings. The second-order valence-corrected chi connectivity index (χ2v) is 7.27. The van der Waals surface area contributed by atoms with Crippen molar-refractivity contribution in [2.75, 3.05) is 39.3 Å². The first-order valence-electron chi connectivity index (χ1n) is 8.93. The normalized spacial score (nSPS) is 23.1. The molecule has 2 aliphatic rings. The van der Waals surface area contributed by atoms with E-state index in [9.17, 15) is 15.0 Å². The molecule has 27 heavy (non-hydrogen) atoms. The summed E-state index contributed by atoms with van der Waals surface area (Å²) in [5, 5.41) is 37.5. The molecule has 3 atom stereocenters. The first-order chi connectivity index (χ1) is 13.0. The van der Waals surface area contributed by atoms with Gasteiger partial charge in [0.25, 0.3) is 0 Å². The highest BCUT2D eigenvalue weighted by atomic mass is 16.5. The Morgan fingerprint density at radius 2 is 1.85 bits per heavy atom. The van der Waals surface area contributed by atoms with Crippen LogP contribution >= 0.6 is 0 Å². The lowest BCUT2D eigenvalue weighted by atomic mass is 9.85. The number of β-amino-alcohol motifs (C(OH)–C–C–N with tert-alkyl or cyclic N) is 1. The fraction of sp³-hybridized carbons (Fsp3) is 0.526. The van der Waals surface area contributed by atoms with Crippen LogP contribution in [0.25, 0.3) is 0 Å². The van der Waals surface area contributed by atoms with Gasteiger partial charge in [0, 0.05) is 32.7 Å². The highest BCUT2D eigenvalue weighted by Gasteiger charge is 2.36. The van der Waals surface area contributed by atoms with Gasteiger partial charge in [-0.15, -0.1) is 0 Å². The Morgan fingerprint density at radius 3 is 2.44 bits per heavy atom. The first kappa shape index (κ1) is 19.0. The Balaban J connectivity index is 1.49. The van der Waals surface area contributed by atoms with Crippen molar-refractivity contribution in [3.05, 3.63) is 29.3 Å². The van der Waals surface area contributed by atoms with Crippen LogP contribution in [0.5, 0.6) is 5.75 Å². The van der Waals surface area contributed by atoms with Gasteiger partial charge in [0.2, 0.25) is 0 Å². The molecule has 142 valence electrons. The highest BCUT2D eigenvalue weighted by molar-refractivity contribution is 5.65. The summed E-state index contributed by atoms with van der Waals surface area (Å²) in [7, 11) is 0. The zero-order valence-electron chi connectivity index (χ0n) is 14.9. The van der Waals surface area contributed by atoms with Crippen LogP contribution in [0.2, 0.25) is 0 Å². The van der Waals surface area contributed by atoms with Crippen molar-refractivity contribution in [1.82, 2.24) is 9.80 Å². The van der Waals surface area contributed by atoms with Crippen LogP contribution in [0.15, 0.2) is 18.2 Å². The van der Waals surface area contributed by atoms with E-state index in [1.54, 1.807) is 6.07 Å². The summed E-state index contributed by atoms with van der Waals surface area (Å²) in [6.07, 6.45) is -0.513. The van der Waals surface area contributed by atoms with Gasteiger partial charge in [-0.25, -0.2) is 4.79 Å². The number of fused-ring (bicyclic) bond motifs is 2. The van der Waals surface area contributed by atoms with E-state index in [0.29, 0.717) is 42.8 Å². The molecule has 2 aliphatic heterocycles. The Kier molecular flexibility index (Phi) is 5.80. The lowest BCUT2D eigenvalue weighted by Gasteiger charge is -2.45. The summed E-state index contributed by atoms with van der Waals surface area (Å²) < 4.78 is 5.57. The predicted octanol–water partition coefficient (Wildman–Crippen LogP) is 1.10. The number of hydrogen-bond donors (Lipinski definition) is 2. The topological polar surface area (TPSA) is 121 Å². The summed E-state index contributed by atoms with van der Waals surface area (Å²) >= 11 is 0. The molecule has 8 nitrogen and oxygen atoms in total. The van der Waals surface area contributed by atoms with Crippen LogP contribution in [0.3, 0.4) is 0 Å². The molecule has 2 bridgehead atoms. The largest absolute Gasteiger partial charge is 0.491 e. The van der Waals surface area contributed by atoms with Crippen LogP contribution in [-0.2, 0) is 0 Å². The standard InChI is InChI=1S/C19H22N4O4/c20-5-15-1-2-18(4-16(15)6-21)27-12-17(24)11-22-7-13-3-14(8-22)10-23(9-13)19(25)26/h1-2,4,13-14,17,24H,3,7-12H2,(H,25,26). The molecule has 3 unspecified atom stereocenters. The van der Waals surface area contributed by atoms with E-state index < -0.39 is 12.2 Å². The van der Waals surface area contributed by atoms with Crippen molar-refractivity contribution in [2.45, 2.75) is 12.5 Å². The highest BCUT2D eigenvalue weighted by Crippen LogP contribution is 2.28. The predicted molar refractivity (Wildman–Crippen MR) is 95.0 cm³/mol. The zero-order valence-corrected chi connectivity index (χ0v) is 14.9. The van der Waals surface area contributed by atoms with E-state index in [1.165, 1.54) is 17.0 Å². The van der Waals surface area contributed by atoms with Gasteiger partial charge < -0.3 is 19.8 Å². The van der Waals surface area contributed by atoms with Crippen LogP contribution in [0, 0.1) is 34.5 Å². The van der Waals surface area contributed by atoms with E-state index in [-0.39, 0.29) is 12.2 Å². The number of nitrogens with zero attached hydrogens (tertiary/aromatic N) is 4. The smallest absolute Gasteiger partial charge is 0.407 e. The fourth-order valence-corrected chi connectivity index (χ4v) is 4.04. The maximum atomic E-state index is 11.2. The third-order valence-electron chi connectivity index (χ3n) is 5.07. The van der Waals surface area contributed by atoms with Gasteiger partial charge in [0.05, 0.1) is 11.1 Å². The second kappa shape index (κ2) is 8.26. The summed E-state index contributed by atoms with van der Waals surface area (Å²) in [6, 6.07) is 8.54. The van der Waals surface area contributed by atoms with Gasteiger partial charge >= 0.3 is 6.09 Å². The van der Waals surface area contributed by atoms with Gasteiger partial charge in [-0.2, -0.15) is 10.5 Å². The van der Waals surface area contributed by atoms with Gasteiger partial charge in [0.15, 0.2) is 0 Å². The molecule has 2 saturated heterocycles. The number of aliphatic hydroxyl groups is 1. The van der Waals surface area contributed by atoms with Gasteiger partial charge in [-0.05, 0) is 36.5 Å². The number of ether oxygens (including phenoxy) is 1. The SMILES string of the molecule is N#Cc1ccc(OCC(O)CN2CC3CC(C2)CN(C(=O)O)C3)cc1C#N. The van der Waals surface area contributed by atoms with Crippen LogP contribution in [-0.4, -0.2) is 71.5 Å². The summed E-state index contributed by atoms with van der Waals surface area (Å²) in [5.74, 6) is 1.05. The lowest BCUT2D eigenvalue weighted by molar-refractivity contribution is 0.00339. The molecule has 0 spiro atoms. The van der Waals surface area contributed by atoms with Crippen molar-refractivity contribution in [1.29, 1.82) is 10.5 Å². The number of piperidine rings is 2. The van der Waals surface area contributed by atoms with E-state index in [0.717, 1.165) is 19.5 Å². The first-order valence-corrected chi connectivity index (χ1v) is 8.93. The number of nitriles is 2. The number of likely N-dealkylation sites (tertiary alicyclic amines) is 2. The molecule has 0 saturated carbocycles. The van der Waals surface area contributed by atoms with E-state index in [2.05, 4.69) is 4.90 Å². The molecule has 3 rings (SSSR count). The molecule has 1 aromatic rings. The van der Waals surface area contributed by atoms with Crippen LogP contribution < -0.4 is 4.74 Å². The number of aliphatic hydroxyl groups excluding tert-OH is 1. The molecular weight excluding hydrogens is 348 g/mol. The Morgan fingerprint density at radius 1 is 1.19 bits per heavy atom. The third-order valence-corrected chi connectivity index (χ3v) is 5.07. The van der Waals surface area contributed by atoms with Gasteiger partial charge in [0.1, 0.15) is 30.6 Å². The third kappa shape index (κ3) is 4.68. The van der Waals surface area contributed by atoms with E-state index >= 15 is 0 Å². The minimum Gasteiger partial charge on any atom is -0.491 e. The van der Waals surface area contributed by atoms with Crippen LogP contribution in [0.4, 0.5) is 4.79 Å². The van der Waals surface area contributed by atoms with Crippen molar-refractivity contribution >= 4 is 6.09 Å². The summed E-state index contributed by atoms with van der Waals surface area (Å²) in [4.78, 5) is 14.8. The average Bonchev–Trinajstić information content (AvgIpc) is 2.65. The number of carbonyl (C=O) groups is 1. The van der Waals surface area contributed by atoms with Gasteiger partial charge in [-0.1, -0.05) is 0 Å². The van der Waals surface area contributed by atoms with Gasteiger partial charge in [-0.3, -0.25) is 4.90 Å². The van der Waals surface area contributed by atoms with Crippen molar-refractivity contribution in [3.63, 3.8) is 0 Å². The average molecular weight is 370 g/mol. The van der Waals surface area contributed by atoms with E-state index in [1.807, 2.05) is 12.1 Å². The monoisotopic (exact) mass is 370 g/mol. The fourth-order valence-electron chi connectivity index (χ4n) is 4.04. The second-order valence-electron chi connectivity index (χ2n) is 7.27. The number of carboxylic acid groups (broad SMARTS) is 1. The zero-order chi connectivity index (χ0) is 19.4. The van der Waals surface area contributed by atoms with Crippen molar-refractivity contribution < 1.29 is 19.7 Å². The molecule has 8 heteroatoms. The molecule has 0 aromatic heterocycles. The molecule has 0 radical (unpaired) electrons. The number of benzene rings is 1. The van der Waals surface area contributed by atoms with E-state index in [4.69, 9.17) is 15.3 Å². The quantitative estimate of drug-likeness (QED) is 0.796. The molecule has 1 amide bonds. The molecule has 2 N–H and O–H groups in total. The molecule has 2 heterocycles. The minimum absolute atomic E-state index is 0.0872. The number of amides is 1. The van der Waals surface area contributed by atoms with Crippen LogP contribution in [0.1, 0.15) is 17.5 Å². The number of hydrogen-bond acceptors (Lipinski definition) is 6. The lowest BCUT2D eigenvalue weighted by Crippen LogP contribution is -2.55. The van der Waals surface area contributed by atoms with Crippen molar-refractivity contribution in [3.8, 4) is 17.9 Å². The molecule has 0 aliphatic carbocycles. The Labute approximate surface area is 157 Å². The summed E-state index contributed by atoms with van der Waals surface area (Å²) in [6.45, 7) is 3.19. The Bertz CT molecular complexity index is 771.